The van der Waals surface area contributed by atoms with E-state index < -0.39 is 5.97 Å². The summed E-state index contributed by atoms with van der Waals surface area (Å²) in [4.78, 5) is 23.2. The summed E-state index contributed by atoms with van der Waals surface area (Å²) in [6.07, 6.45) is 1.73. The van der Waals surface area contributed by atoms with Crippen molar-refractivity contribution in [1.82, 2.24) is 15.5 Å². The molecule has 23 heavy (non-hydrogen) atoms. The van der Waals surface area contributed by atoms with Gasteiger partial charge in [-0.05, 0) is 31.4 Å². The standard InChI is InChI=1S/C16H16ClN3O3/c17-12-4-2-1-3-11(12)13-8-14(20-19-13)15(21)18-10-6-5-9(7-10)16(22)23/h1-4,8-10H,5-7H2,(H,18,21)(H,19,20)(H,22,23)/t9-,10+/m0/s1. The number of benzene rings is 1. The number of nitrogens with zero attached hydrogens (tertiary/aromatic N) is 1. The highest BCUT2D eigenvalue weighted by Crippen LogP contribution is 2.27. The molecule has 2 aromatic rings. The van der Waals surface area contributed by atoms with Crippen LogP contribution in [0.2, 0.25) is 5.02 Å². The van der Waals surface area contributed by atoms with E-state index in [1.165, 1.54) is 0 Å². The predicted molar refractivity (Wildman–Crippen MR) is 85.3 cm³/mol. The van der Waals surface area contributed by atoms with E-state index in [0.717, 1.165) is 5.56 Å². The molecule has 6 nitrogen and oxygen atoms in total. The fourth-order valence-corrected chi connectivity index (χ4v) is 3.08. The van der Waals surface area contributed by atoms with E-state index in [-0.39, 0.29) is 17.9 Å². The summed E-state index contributed by atoms with van der Waals surface area (Å²) in [6.45, 7) is 0. The molecular weight excluding hydrogens is 318 g/mol. The summed E-state index contributed by atoms with van der Waals surface area (Å²) >= 11 is 6.12. The highest BCUT2D eigenvalue weighted by Gasteiger charge is 2.30. The molecule has 1 aromatic heterocycles. The Morgan fingerprint density at radius 1 is 1.30 bits per heavy atom. The van der Waals surface area contributed by atoms with Crippen molar-refractivity contribution in [2.75, 3.05) is 0 Å². The molecule has 2 atom stereocenters. The average Bonchev–Trinajstić information content (AvgIpc) is 3.16. The van der Waals surface area contributed by atoms with Crippen LogP contribution in [0.15, 0.2) is 30.3 Å². The SMILES string of the molecule is O=C(N[C@@H]1CC[C@H](C(=O)O)C1)c1cc(-c2ccccc2Cl)n[nH]1. The van der Waals surface area contributed by atoms with Crippen LogP contribution >= 0.6 is 11.6 Å². The van der Waals surface area contributed by atoms with Crippen molar-refractivity contribution < 1.29 is 14.7 Å². The van der Waals surface area contributed by atoms with E-state index in [4.69, 9.17) is 16.7 Å². The summed E-state index contributed by atoms with van der Waals surface area (Å²) in [6, 6.07) is 8.78. The van der Waals surface area contributed by atoms with Gasteiger partial charge in [-0.3, -0.25) is 14.7 Å². The first-order chi connectivity index (χ1) is 11.0. The molecule has 3 rings (SSSR count). The number of carbonyl (C=O) groups is 2. The Morgan fingerprint density at radius 2 is 2.09 bits per heavy atom. The lowest BCUT2D eigenvalue weighted by molar-refractivity contribution is -0.141. The summed E-state index contributed by atoms with van der Waals surface area (Å²) in [5.41, 5.74) is 1.67. The van der Waals surface area contributed by atoms with Gasteiger partial charge in [-0.1, -0.05) is 29.8 Å². The Labute approximate surface area is 137 Å². The number of amides is 1. The highest BCUT2D eigenvalue weighted by molar-refractivity contribution is 6.33. The summed E-state index contributed by atoms with van der Waals surface area (Å²) in [5.74, 6) is -1.46. The van der Waals surface area contributed by atoms with Crippen molar-refractivity contribution in [1.29, 1.82) is 0 Å². The fourth-order valence-electron chi connectivity index (χ4n) is 2.84. The van der Waals surface area contributed by atoms with Gasteiger partial charge in [-0.2, -0.15) is 5.10 Å². The second-order valence-corrected chi connectivity index (χ2v) is 6.07. The third kappa shape index (κ3) is 3.37. The normalized spacial score (nSPS) is 20.4. The highest BCUT2D eigenvalue weighted by atomic mass is 35.5. The number of aromatic nitrogens is 2. The zero-order chi connectivity index (χ0) is 16.4. The Kier molecular flexibility index (Phi) is 4.34. The van der Waals surface area contributed by atoms with Gasteiger partial charge in [0.1, 0.15) is 5.69 Å². The number of hydrogen-bond donors (Lipinski definition) is 3. The lowest BCUT2D eigenvalue weighted by atomic mass is 10.1. The Bertz CT molecular complexity index is 744. The zero-order valence-corrected chi connectivity index (χ0v) is 13.0. The predicted octanol–water partition coefficient (Wildman–Crippen LogP) is 2.71. The molecular formula is C16H16ClN3O3. The van der Waals surface area contributed by atoms with Crippen molar-refractivity contribution in [2.24, 2.45) is 5.92 Å². The first kappa shape index (κ1) is 15.6. The molecule has 1 saturated carbocycles. The minimum atomic E-state index is -0.802. The number of carboxylic acid groups (broad SMARTS) is 1. The molecule has 7 heteroatoms. The molecule has 0 unspecified atom stereocenters. The maximum Gasteiger partial charge on any atom is 0.306 e. The van der Waals surface area contributed by atoms with Crippen LogP contribution in [0.3, 0.4) is 0 Å². The van der Waals surface area contributed by atoms with Gasteiger partial charge < -0.3 is 10.4 Å². The van der Waals surface area contributed by atoms with Crippen LogP contribution in [-0.2, 0) is 4.79 Å². The number of H-pyrrole nitrogens is 1. The van der Waals surface area contributed by atoms with Crippen molar-refractivity contribution in [3.63, 3.8) is 0 Å². The number of carbonyl (C=O) groups excluding carboxylic acids is 1. The average molecular weight is 334 g/mol. The van der Waals surface area contributed by atoms with Crippen LogP contribution in [0.4, 0.5) is 0 Å². The van der Waals surface area contributed by atoms with Crippen LogP contribution in [0.1, 0.15) is 29.8 Å². The first-order valence-corrected chi connectivity index (χ1v) is 7.76. The molecule has 0 spiro atoms. The van der Waals surface area contributed by atoms with E-state index in [2.05, 4.69) is 15.5 Å². The largest absolute Gasteiger partial charge is 0.481 e. The Balaban J connectivity index is 1.68. The van der Waals surface area contributed by atoms with Gasteiger partial charge in [0.2, 0.25) is 0 Å². The third-order valence-electron chi connectivity index (χ3n) is 4.09. The number of rotatable bonds is 4. The van der Waals surface area contributed by atoms with E-state index in [1.54, 1.807) is 12.1 Å². The maximum atomic E-state index is 12.2. The van der Waals surface area contributed by atoms with Crippen molar-refractivity contribution in [3.8, 4) is 11.3 Å². The molecule has 1 fully saturated rings. The zero-order valence-electron chi connectivity index (χ0n) is 12.3. The summed E-state index contributed by atoms with van der Waals surface area (Å²) < 4.78 is 0. The number of nitrogens with one attached hydrogen (secondary N) is 2. The van der Waals surface area contributed by atoms with Gasteiger partial charge in [0.25, 0.3) is 5.91 Å². The fraction of sp³-hybridized carbons (Fsp3) is 0.312. The summed E-state index contributed by atoms with van der Waals surface area (Å²) in [7, 11) is 0. The number of halogens is 1. The first-order valence-electron chi connectivity index (χ1n) is 7.38. The maximum absolute atomic E-state index is 12.2. The third-order valence-corrected chi connectivity index (χ3v) is 4.42. The number of hydrogen-bond acceptors (Lipinski definition) is 3. The van der Waals surface area contributed by atoms with Crippen LogP contribution in [0, 0.1) is 5.92 Å². The van der Waals surface area contributed by atoms with Crippen molar-refractivity contribution in [2.45, 2.75) is 25.3 Å². The van der Waals surface area contributed by atoms with Gasteiger partial charge in [0.05, 0.1) is 16.6 Å². The molecule has 1 aliphatic carbocycles. The van der Waals surface area contributed by atoms with E-state index in [0.29, 0.717) is 35.7 Å². The number of aromatic amines is 1. The topological polar surface area (TPSA) is 95.1 Å². The minimum Gasteiger partial charge on any atom is -0.481 e. The molecule has 0 bridgehead atoms. The van der Waals surface area contributed by atoms with Gasteiger partial charge in [-0.25, -0.2) is 0 Å². The molecule has 1 heterocycles. The minimum absolute atomic E-state index is 0.115. The van der Waals surface area contributed by atoms with Crippen LogP contribution in [0.5, 0.6) is 0 Å². The van der Waals surface area contributed by atoms with Crippen LogP contribution < -0.4 is 5.32 Å². The molecule has 1 amide bonds. The van der Waals surface area contributed by atoms with Gasteiger partial charge in [0.15, 0.2) is 0 Å². The molecule has 3 N–H and O–H groups in total. The lowest BCUT2D eigenvalue weighted by Crippen LogP contribution is -2.33. The Morgan fingerprint density at radius 3 is 2.78 bits per heavy atom. The van der Waals surface area contributed by atoms with Gasteiger partial charge >= 0.3 is 5.97 Å². The monoisotopic (exact) mass is 333 g/mol. The second-order valence-electron chi connectivity index (χ2n) is 5.67. The van der Waals surface area contributed by atoms with Crippen molar-refractivity contribution >= 4 is 23.5 Å². The van der Waals surface area contributed by atoms with Gasteiger partial charge in [-0.15, -0.1) is 0 Å². The molecule has 0 aliphatic heterocycles. The quantitative estimate of drug-likeness (QED) is 0.801. The number of carboxylic acids is 1. The second kappa shape index (κ2) is 6.42. The van der Waals surface area contributed by atoms with E-state index in [9.17, 15) is 9.59 Å². The molecule has 0 radical (unpaired) electrons. The Hall–Kier alpha value is -2.34. The molecule has 1 aliphatic rings. The van der Waals surface area contributed by atoms with E-state index in [1.807, 2.05) is 18.2 Å². The van der Waals surface area contributed by atoms with E-state index >= 15 is 0 Å². The summed E-state index contributed by atoms with van der Waals surface area (Å²) in [5, 5.41) is 19.2. The molecule has 0 saturated heterocycles. The van der Waals surface area contributed by atoms with Crippen LogP contribution in [0.25, 0.3) is 11.3 Å². The smallest absolute Gasteiger partial charge is 0.306 e. The molecule has 1 aromatic carbocycles. The van der Waals surface area contributed by atoms with Crippen LogP contribution in [-0.4, -0.2) is 33.2 Å². The van der Waals surface area contributed by atoms with Crippen molar-refractivity contribution in [3.05, 3.63) is 41.0 Å². The number of aliphatic carboxylic acids is 1. The molecule has 120 valence electrons. The van der Waals surface area contributed by atoms with Gasteiger partial charge in [0, 0.05) is 11.6 Å². The lowest BCUT2D eigenvalue weighted by Gasteiger charge is -2.11.